The second-order valence-corrected chi connectivity index (χ2v) is 8.90. The van der Waals surface area contributed by atoms with Gasteiger partial charge in [0.25, 0.3) is 11.7 Å². The highest BCUT2D eigenvalue weighted by Crippen LogP contribution is 2.39. The van der Waals surface area contributed by atoms with Crippen molar-refractivity contribution in [2.45, 2.75) is 32.2 Å². The molecule has 1 N–H and O–H groups in total. The minimum atomic E-state index is -0.659. The van der Waals surface area contributed by atoms with Crippen LogP contribution in [0, 0.1) is 0 Å². The highest BCUT2D eigenvalue weighted by atomic mass is 16.3. The smallest absolute Gasteiger partial charge is 0.295 e. The summed E-state index contributed by atoms with van der Waals surface area (Å²) < 4.78 is 0. The highest BCUT2D eigenvalue weighted by molar-refractivity contribution is 6.46. The number of aliphatic hydroxyl groups excluding tert-OH is 1. The summed E-state index contributed by atoms with van der Waals surface area (Å²) in [5.41, 5.74) is 2.53. The van der Waals surface area contributed by atoms with E-state index >= 15 is 0 Å². The van der Waals surface area contributed by atoms with Gasteiger partial charge in [-0.25, -0.2) is 0 Å². The second kappa shape index (κ2) is 8.40. The molecule has 3 rings (SSSR count). The molecular weight excluding hydrogens is 378 g/mol. The van der Waals surface area contributed by atoms with E-state index in [0.29, 0.717) is 18.7 Å². The third-order valence-corrected chi connectivity index (χ3v) is 5.37. The number of Topliss-reactive ketones (excluding diaryl/α,β-unsaturated/α-hetero) is 1. The number of ketones is 1. The Labute approximate surface area is 177 Å². The van der Waals surface area contributed by atoms with Crippen molar-refractivity contribution in [3.05, 3.63) is 71.1 Å². The first kappa shape index (κ1) is 21.7. The summed E-state index contributed by atoms with van der Waals surface area (Å²) in [5.74, 6) is -1.42. The monoisotopic (exact) mass is 407 g/mol. The Hall–Kier alpha value is -2.99. The lowest BCUT2D eigenvalue weighted by Gasteiger charge is -2.27. The Morgan fingerprint density at radius 3 is 2.20 bits per heavy atom. The predicted octanol–water partition coefficient (Wildman–Crippen LogP) is 3.36. The lowest BCUT2D eigenvalue weighted by Crippen LogP contribution is -2.35. The number of nitrogens with zero attached hydrogens (tertiary/aromatic N) is 3. The van der Waals surface area contributed by atoms with Gasteiger partial charge in [0.05, 0.1) is 11.6 Å². The molecule has 1 aromatic carbocycles. The maximum atomic E-state index is 12.9. The predicted molar refractivity (Wildman–Crippen MR) is 117 cm³/mol. The number of likely N-dealkylation sites (tertiary alicyclic amines) is 1. The van der Waals surface area contributed by atoms with Crippen LogP contribution in [0.4, 0.5) is 0 Å². The number of aliphatic hydroxyl groups is 1. The number of rotatable bonds is 5. The van der Waals surface area contributed by atoms with E-state index < -0.39 is 17.7 Å². The minimum absolute atomic E-state index is 0.0116. The Balaban J connectivity index is 2.12. The number of likely N-dealkylation sites (N-methyl/N-ethyl adjacent to an activating group) is 1. The number of aromatic nitrogens is 1. The molecule has 0 saturated carbocycles. The van der Waals surface area contributed by atoms with Gasteiger partial charge in [-0.1, -0.05) is 45.0 Å². The number of carbonyl (C=O) groups is 2. The molecule has 2 aromatic rings. The van der Waals surface area contributed by atoms with E-state index in [2.05, 4.69) is 25.8 Å². The molecule has 1 amide bonds. The Bertz CT molecular complexity index is 957. The average molecular weight is 408 g/mol. The van der Waals surface area contributed by atoms with Crippen molar-refractivity contribution in [1.29, 1.82) is 0 Å². The Kier molecular flexibility index (Phi) is 6.08. The maximum Gasteiger partial charge on any atom is 0.295 e. The lowest BCUT2D eigenvalue weighted by molar-refractivity contribution is -0.140. The summed E-state index contributed by atoms with van der Waals surface area (Å²) in [4.78, 5) is 33.3. The van der Waals surface area contributed by atoms with Crippen molar-refractivity contribution < 1.29 is 14.7 Å². The Morgan fingerprint density at radius 1 is 1.07 bits per heavy atom. The van der Waals surface area contributed by atoms with Crippen LogP contribution < -0.4 is 0 Å². The van der Waals surface area contributed by atoms with Crippen LogP contribution in [0.3, 0.4) is 0 Å². The third-order valence-electron chi connectivity index (χ3n) is 5.37. The number of hydrogen-bond donors (Lipinski definition) is 1. The molecule has 1 atom stereocenters. The molecule has 6 nitrogen and oxygen atoms in total. The molecule has 1 fully saturated rings. The van der Waals surface area contributed by atoms with Gasteiger partial charge in [0.1, 0.15) is 5.76 Å². The summed E-state index contributed by atoms with van der Waals surface area (Å²) in [6.45, 7) is 7.40. The van der Waals surface area contributed by atoms with E-state index in [1.54, 1.807) is 29.4 Å². The molecule has 158 valence electrons. The SMILES string of the molecule is CN(C)CCN1C(=O)C(=O)/C(=C(\O)c2ccncc2)C1c1ccc(C(C)(C)C)cc1. The first-order chi connectivity index (χ1) is 14.1. The average Bonchev–Trinajstić information content (AvgIpc) is 2.96. The molecule has 30 heavy (non-hydrogen) atoms. The first-order valence-electron chi connectivity index (χ1n) is 10.0. The zero-order valence-corrected chi connectivity index (χ0v) is 18.2. The molecule has 0 aliphatic carbocycles. The largest absolute Gasteiger partial charge is 0.507 e. The molecule has 1 aliphatic rings. The van der Waals surface area contributed by atoms with Crippen LogP contribution in [0.25, 0.3) is 5.76 Å². The molecule has 1 unspecified atom stereocenters. The zero-order valence-electron chi connectivity index (χ0n) is 18.2. The van der Waals surface area contributed by atoms with E-state index in [0.717, 1.165) is 11.1 Å². The second-order valence-electron chi connectivity index (χ2n) is 8.90. The first-order valence-corrected chi connectivity index (χ1v) is 10.0. The molecule has 0 radical (unpaired) electrons. The normalized spacial score (nSPS) is 19.0. The van der Waals surface area contributed by atoms with Crippen molar-refractivity contribution in [2.24, 2.45) is 0 Å². The standard InChI is InChI=1S/C24H29N3O3/c1-24(2,3)18-8-6-16(7-9-18)20-19(21(28)17-10-12-25-13-11-17)22(29)23(30)27(20)15-14-26(4)5/h6-13,20,28H,14-15H2,1-5H3/b21-19-. The zero-order chi connectivity index (χ0) is 22.1. The van der Waals surface area contributed by atoms with Crippen LogP contribution in [0.5, 0.6) is 0 Å². The number of benzene rings is 1. The number of hydrogen-bond acceptors (Lipinski definition) is 5. The van der Waals surface area contributed by atoms with Crippen LogP contribution in [0.2, 0.25) is 0 Å². The lowest BCUT2D eigenvalue weighted by atomic mass is 9.85. The molecule has 0 bridgehead atoms. The number of amides is 1. The molecule has 2 heterocycles. The maximum absolute atomic E-state index is 12.9. The van der Waals surface area contributed by atoms with Gasteiger partial charge >= 0.3 is 0 Å². The van der Waals surface area contributed by atoms with Crippen LogP contribution in [-0.2, 0) is 15.0 Å². The van der Waals surface area contributed by atoms with Gasteiger partial charge in [-0.05, 0) is 42.8 Å². The minimum Gasteiger partial charge on any atom is -0.507 e. The fraction of sp³-hybridized carbons (Fsp3) is 0.375. The van der Waals surface area contributed by atoms with Gasteiger partial charge in [-0.2, -0.15) is 0 Å². The van der Waals surface area contributed by atoms with Gasteiger partial charge < -0.3 is 14.9 Å². The molecular formula is C24H29N3O3. The summed E-state index contributed by atoms with van der Waals surface area (Å²) in [6, 6.07) is 10.6. The molecule has 1 aliphatic heterocycles. The highest BCUT2D eigenvalue weighted by Gasteiger charge is 2.45. The fourth-order valence-corrected chi connectivity index (χ4v) is 3.60. The van der Waals surface area contributed by atoms with Crippen LogP contribution >= 0.6 is 0 Å². The van der Waals surface area contributed by atoms with Crippen molar-refractivity contribution in [1.82, 2.24) is 14.8 Å². The van der Waals surface area contributed by atoms with Crippen LogP contribution in [-0.4, -0.2) is 58.8 Å². The molecule has 6 heteroatoms. The van der Waals surface area contributed by atoms with Gasteiger partial charge in [-0.3, -0.25) is 14.6 Å². The van der Waals surface area contributed by atoms with Crippen LogP contribution in [0.15, 0.2) is 54.4 Å². The van der Waals surface area contributed by atoms with E-state index in [9.17, 15) is 14.7 Å². The third kappa shape index (κ3) is 4.28. The Morgan fingerprint density at radius 2 is 1.67 bits per heavy atom. The number of carbonyl (C=O) groups excluding carboxylic acids is 2. The summed E-state index contributed by atoms with van der Waals surface area (Å²) in [5, 5.41) is 11.0. The molecule has 0 spiro atoms. The topological polar surface area (TPSA) is 73.7 Å². The number of pyridine rings is 1. The van der Waals surface area contributed by atoms with E-state index in [-0.39, 0.29) is 16.7 Å². The van der Waals surface area contributed by atoms with Crippen molar-refractivity contribution in [3.63, 3.8) is 0 Å². The van der Waals surface area contributed by atoms with Gasteiger partial charge in [0, 0.05) is 31.0 Å². The van der Waals surface area contributed by atoms with Crippen molar-refractivity contribution in [2.75, 3.05) is 27.2 Å². The molecule has 1 aromatic heterocycles. The van der Waals surface area contributed by atoms with E-state index in [1.807, 2.05) is 43.3 Å². The summed E-state index contributed by atoms with van der Waals surface area (Å²) >= 11 is 0. The van der Waals surface area contributed by atoms with Crippen molar-refractivity contribution >= 4 is 17.4 Å². The van der Waals surface area contributed by atoms with Gasteiger partial charge in [-0.15, -0.1) is 0 Å². The van der Waals surface area contributed by atoms with Gasteiger partial charge in [0.2, 0.25) is 0 Å². The summed E-state index contributed by atoms with van der Waals surface area (Å²) in [6.07, 6.45) is 3.09. The summed E-state index contributed by atoms with van der Waals surface area (Å²) in [7, 11) is 3.83. The van der Waals surface area contributed by atoms with E-state index in [4.69, 9.17) is 0 Å². The van der Waals surface area contributed by atoms with Crippen molar-refractivity contribution in [3.8, 4) is 0 Å². The van der Waals surface area contributed by atoms with Crippen LogP contribution in [0.1, 0.15) is 43.5 Å². The fourth-order valence-electron chi connectivity index (χ4n) is 3.60. The molecule has 1 saturated heterocycles. The van der Waals surface area contributed by atoms with E-state index in [1.165, 1.54) is 0 Å². The van der Waals surface area contributed by atoms with Gasteiger partial charge in [0.15, 0.2) is 0 Å². The quantitative estimate of drug-likeness (QED) is 0.467.